The van der Waals surface area contributed by atoms with Crippen LogP contribution in [0.25, 0.3) is 11.1 Å². The maximum Gasteiger partial charge on any atom is 0.222 e. The number of hydrogen-bond acceptors (Lipinski definition) is 4. The Morgan fingerprint density at radius 1 is 1.40 bits per heavy atom. The monoisotopic (exact) mass is 270 g/mol. The van der Waals surface area contributed by atoms with E-state index in [4.69, 9.17) is 9.47 Å². The van der Waals surface area contributed by atoms with Crippen LogP contribution in [0.5, 0.6) is 11.5 Å². The molecule has 5 heteroatoms. The molecular formula is C15H14N2O3. The van der Waals surface area contributed by atoms with Crippen molar-refractivity contribution < 1.29 is 14.3 Å². The van der Waals surface area contributed by atoms with E-state index in [0.29, 0.717) is 18.2 Å². The molecule has 1 aromatic heterocycles. The third kappa shape index (κ3) is 2.07. The van der Waals surface area contributed by atoms with E-state index in [9.17, 15) is 4.79 Å². The molecule has 5 nitrogen and oxygen atoms in total. The topological polar surface area (TPSA) is 60.5 Å². The third-order valence-corrected chi connectivity index (χ3v) is 3.15. The average molecular weight is 270 g/mol. The first kappa shape index (κ1) is 12.5. The van der Waals surface area contributed by atoms with Gasteiger partial charge in [-0.3, -0.25) is 4.79 Å². The van der Waals surface area contributed by atoms with Crippen LogP contribution in [0.3, 0.4) is 0 Å². The first-order valence-corrected chi connectivity index (χ1v) is 6.25. The highest BCUT2D eigenvalue weighted by molar-refractivity contribution is 5.89. The first-order chi connectivity index (χ1) is 9.69. The molecule has 0 fully saturated rings. The van der Waals surface area contributed by atoms with Crippen molar-refractivity contribution >= 4 is 11.7 Å². The van der Waals surface area contributed by atoms with Gasteiger partial charge in [0, 0.05) is 24.2 Å². The van der Waals surface area contributed by atoms with Crippen LogP contribution in [0.1, 0.15) is 12.5 Å². The Kier molecular flexibility index (Phi) is 3.02. The van der Waals surface area contributed by atoms with Crippen LogP contribution in [0.4, 0.5) is 5.82 Å². The predicted molar refractivity (Wildman–Crippen MR) is 74.9 cm³/mol. The summed E-state index contributed by atoms with van der Waals surface area (Å²) in [6.07, 6.45) is 1.73. The Morgan fingerprint density at radius 3 is 3.00 bits per heavy atom. The van der Waals surface area contributed by atoms with Gasteiger partial charge in [-0.2, -0.15) is 0 Å². The summed E-state index contributed by atoms with van der Waals surface area (Å²) in [7, 11) is 1.61. The number of carbonyl (C=O) groups is 1. The number of ether oxygens (including phenoxy) is 2. The lowest BCUT2D eigenvalue weighted by Crippen LogP contribution is -2.11. The standard InChI is InChI=1S/C15H14N2O3/c1-9(18)17-14-6-12-10(7-16-14)8-20-15-11(12)4-3-5-13(15)19-2/h3-7H,8H2,1-2H3,(H,16,17,18). The van der Waals surface area contributed by atoms with E-state index in [1.165, 1.54) is 6.92 Å². The van der Waals surface area contributed by atoms with Crippen LogP contribution in [0.15, 0.2) is 30.5 Å². The van der Waals surface area contributed by atoms with Crippen molar-refractivity contribution in [2.24, 2.45) is 0 Å². The SMILES string of the molecule is COc1cccc2c1OCc1cnc(NC(C)=O)cc1-2. The van der Waals surface area contributed by atoms with Gasteiger partial charge in [-0.1, -0.05) is 12.1 Å². The molecule has 2 heterocycles. The number of nitrogens with one attached hydrogen (secondary N) is 1. The summed E-state index contributed by atoms with van der Waals surface area (Å²) in [5, 5.41) is 2.69. The lowest BCUT2D eigenvalue weighted by molar-refractivity contribution is -0.114. The number of anilines is 1. The zero-order valence-electron chi connectivity index (χ0n) is 11.3. The Balaban J connectivity index is 2.12. The molecule has 0 saturated heterocycles. The van der Waals surface area contributed by atoms with Gasteiger partial charge in [0.05, 0.1) is 7.11 Å². The fraction of sp³-hybridized carbons (Fsp3) is 0.200. The molecule has 0 atom stereocenters. The summed E-state index contributed by atoms with van der Waals surface area (Å²) < 4.78 is 11.1. The lowest BCUT2D eigenvalue weighted by Gasteiger charge is -2.22. The quantitative estimate of drug-likeness (QED) is 0.911. The van der Waals surface area contributed by atoms with Crippen LogP contribution in [-0.4, -0.2) is 18.0 Å². The summed E-state index contributed by atoms with van der Waals surface area (Å²) in [6, 6.07) is 7.60. The Morgan fingerprint density at radius 2 is 2.25 bits per heavy atom. The summed E-state index contributed by atoms with van der Waals surface area (Å²) in [4.78, 5) is 15.3. The normalized spacial score (nSPS) is 11.9. The van der Waals surface area contributed by atoms with E-state index < -0.39 is 0 Å². The van der Waals surface area contributed by atoms with Crippen LogP contribution < -0.4 is 14.8 Å². The van der Waals surface area contributed by atoms with Gasteiger partial charge in [0.2, 0.25) is 5.91 Å². The van der Waals surface area contributed by atoms with Gasteiger partial charge in [-0.15, -0.1) is 0 Å². The van der Waals surface area contributed by atoms with Gasteiger partial charge < -0.3 is 14.8 Å². The zero-order valence-corrected chi connectivity index (χ0v) is 11.3. The number of aromatic nitrogens is 1. The van der Waals surface area contributed by atoms with E-state index in [-0.39, 0.29) is 5.91 Å². The molecule has 0 radical (unpaired) electrons. The molecular weight excluding hydrogens is 256 g/mol. The smallest absolute Gasteiger partial charge is 0.222 e. The van der Waals surface area contributed by atoms with E-state index in [1.807, 2.05) is 24.3 Å². The molecule has 0 saturated carbocycles. The second-order valence-electron chi connectivity index (χ2n) is 4.53. The number of fused-ring (bicyclic) bond motifs is 3. The fourth-order valence-corrected chi connectivity index (χ4v) is 2.29. The highest BCUT2D eigenvalue weighted by atomic mass is 16.5. The molecule has 2 aromatic rings. The van der Waals surface area contributed by atoms with Crippen LogP contribution >= 0.6 is 0 Å². The number of para-hydroxylation sites is 1. The Labute approximate surface area is 116 Å². The minimum Gasteiger partial charge on any atom is -0.493 e. The molecule has 0 bridgehead atoms. The van der Waals surface area contributed by atoms with E-state index in [2.05, 4.69) is 10.3 Å². The van der Waals surface area contributed by atoms with Crippen LogP contribution in [0, 0.1) is 0 Å². The number of methoxy groups -OCH3 is 1. The highest BCUT2D eigenvalue weighted by Gasteiger charge is 2.21. The van der Waals surface area contributed by atoms with Crippen LogP contribution in [0.2, 0.25) is 0 Å². The van der Waals surface area contributed by atoms with Crippen molar-refractivity contribution in [2.45, 2.75) is 13.5 Å². The molecule has 1 aliphatic heterocycles. The molecule has 0 aliphatic carbocycles. The molecule has 1 aliphatic rings. The maximum absolute atomic E-state index is 11.1. The third-order valence-electron chi connectivity index (χ3n) is 3.15. The van der Waals surface area contributed by atoms with Crippen molar-refractivity contribution in [1.82, 2.24) is 4.98 Å². The summed E-state index contributed by atoms with van der Waals surface area (Å²) in [5.74, 6) is 1.82. The molecule has 3 rings (SSSR count). The Hall–Kier alpha value is -2.56. The maximum atomic E-state index is 11.1. The average Bonchev–Trinajstić information content (AvgIpc) is 2.45. The Bertz CT molecular complexity index is 683. The molecule has 1 aromatic carbocycles. The molecule has 102 valence electrons. The summed E-state index contributed by atoms with van der Waals surface area (Å²) in [6.45, 7) is 1.90. The van der Waals surface area contributed by atoms with E-state index >= 15 is 0 Å². The van der Waals surface area contributed by atoms with Crippen LogP contribution in [-0.2, 0) is 11.4 Å². The van der Waals surface area contributed by atoms with Gasteiger partial charge in [-0.05, 0) is 17.7 Å². The van der Waals surface area contributed by atoms with E-state index in [1.54, 1.807) is 13.3 Å². The number of hydrogen-bond donors (Lipinski definition) is 1. The van der Waals surface area contributed by atoms with Gasteiger partial charge in [-0.25, -0.2) is 4.98 Å². The second-order valence-corrected chi connectivity index (χ2v) is 4.53. The van der Waals surface area contributed by atoms with Gasteiger partial charge in [0.25, 0.3) is 0 Å². The largest absolute Gasteiger partial charge is 0.493 e. The molecule has 1 N–H and O–H groups in total. The van der Waals surface area contributed by atoms with Crippen molar-refractivity contribution in [3.63, 3.8) is 0 Å². The minimum absolute atomic E-state index is 0.143. The summed E-state index contributed by atoms with van der Waals surface area (Å²) >= 11 is 0. The highest BCUT2D eigenvalue weighted by Crippen LogP contribution is 2.43. The molecule has 0 spiro atoms. The van der Waals surface area contributed by atoms with Gasteiger partial charge in [0.15, 0.2) is 11.5 Å². The molecule has 0 unspecified atom stereocenters. The minimum atomic E-state index is -0.143. The molecule has 1 amide bonds. The van der Waals surface area contributed by atoms with Gasteiger partial charge >= 0.3 is 0 Å². The lowest BCUT2D eigenvalue weighted by atomic mass is 9.98. The second kappa shape index (κ2) is 4.85. The zero-order chi connectivity index (χ0) is 14.1. The van der Waals surface area contributed by atoms with Crippen molar-refractivity contribution in [3.05, 3.63) is 36.0 Å². The van der Waals surface area contributed by atoms with E-state index in [0.717, 1.165) is 22.4 Å². The van der Waals surface area contributed by atoms with Crippen molar-refractivity contribution in [2.75, 3.05) is 12.4 Å². The number of carbonyl (C=O) groups excluding carboxylic acids is 1. The number of benzene rings is 1. The van der Waals surface area contributed by atoms with Gasteiger partial charge in [0.1, 0.15) is 12.4 Å². The number of amides is 1. The first-order valence-electron chi connectivity index (χ1n) is 6.25. The molecule has 20 heavy (non-hydrogen) atoms. The predicted octanol–water partition coefficient (Wildman–Crippen LogP) is 2.61. The number of pyridine rings is 1. The van der Waals surface area contributed by atoms with Crippen molar-refractivity contribution in [3.8, 4) is 22.6 Å². The number of rotatable bonds is 2. The van der Waals surface area contributed by atoms with Crippen molar-refractivity contribution in [1.29, 1.82) is 0 Å². The summed E-state index contributed by atoms with van der Waals surface area (Å²) in [5.41, 5.74) is 2.93. The number of nitrogens with zero attached hydrogens (tertiary/aromatic N) is 1. The fourth-order valence-electron chi connectivity index (χ4n) is 2.29.